The normalized spacial score (nSPS) is 28.9. The first kappa shape index (κ1) is 17.5. The van der Waals surface area contributed by atoms with Gasteiger partial charge in [0.1, 0.15) is 17.6 Å². The lowest BCUT2D eigenvalue weighted by atomic mass is 9.92. The molecule has 26 heavy (non-hydrogen) atoms. The first-order chi connectivity index (χ1) is 12.5. The molecule has 1 aromatic heterocycles. The Morgan fingerprint density at radius 3 is 2.62 bits per heavy atom. The van der Waals surface area contributed by atoms with E-state index in [1.807, 2.05) is 4.90 Å². The van der Waals surface area contributed by atoms with Crippen LogP contribution in [0, 0.1) is 11.8 Å². The SMILES string of the molecule is C[C@@H]1C[C@H](C)CN(C(=O)c2nc3c(o2)CCN(C(=O)[C@@H]2CCCO2)C3)C1. The lowest BCUT2D eigenvalue weighted by molar-refractivity contribution is -0.142. The minimum Gasteiger partial charge on any atom is -0.437 e. The number of carbonyl (C=O) groups excluding carboxylic acids is 2. The highest BCUT2D eigenvalue weighted by atomic mass is 16.5. The topological polar surface area (TPSA) is 75.9 Å². The predicted molar refractivity (Wildman–Crippen MR) is 93.4 cm³/mol. The van der Waals surface area contributed by atoms with Gasteiger partial charge in [-0.2, -0.15) is 0 Å². The van der Waals surface area contributed by atoms with E-state index < -0.39 is 0 Å². The van der Waals surface area contributed by atoms with Gasteiger partial charge in [0.2, 0.25) is 0 Å². The molecular weight excluding hydrogens is 334 g/mol. The number of carbonyl (C=O) groups is 2. The molecule has 1 aromatic rings. The fourth-order valence-corrected chi connectivity index (χ4v) is 4.42. The number of oxazole rings is 1. The average molecular weight is 361 g/mol. The van der Waals surface area contributed by atoms with Crippen LogP contribution in [0.25, 0.3) is 0 Å². The van der Waals surface area contributed by atoms with E-state index >= 15 is 0 Å². The summed E-state index contributed by atoms with van der Waals surface area (Å²) in [6.45, 7) is 7.49. The number of ether oxygens (including phenoxy) is 1. The second-order valence-corrected chi connectivity index (χ2v) is 8.06. The van der Waals surface area contributed by atoms with Crippen LogP contribution in [0.4, 0.5) is 0 Å². The van der Waals surface area contributed by atoms with Crippen LogP contribution in [-0.2, 0) is 22.5 Å². The maximum Gasteiger partial charge on any atom is 0.309 e. The quantitative estimate of drug-likeness (QED) is 0.804. The lowest BCUT2D eigenvalue weighted by Crippen LogP contribution is -2.42. The Morgan fingerprint density at radius 1 is 1.15 bits per heavy atom. The highest BCUT2D eigenvalue weighted by Gasteiger charge is 2.34. The number of hydrogen-bond acceptors (Lipinski definition) is 5. The predicted octanol–water partition coefficient (Wildman–Crippen LogP) is 1.86. The third-order valence-electron chi connectivity index (χ3n) is 5.58. The second-order valence-electron chi connectivity index (χ2n) is 8.06. The van der Waals surface area contributed by atoms with E-state index in [0.717, 1.165) is 38.1 Å². The highest BCUT2D eigenvalue weighted by molar-refractivity contribution is 5.90. The van der Waals surface area contributed by atoms with Crippen molar-refractivity contribution in [2.75, 3.05) is 26.2 Å². The Bertz CT molecular complexity index is 685. The standard InChI is InChI=1S/C19H27N3O4/c1-12-8-13(2)10-22(9-12)19(24)17-20-14-11-21(6-5-15(14)26-17)18(23)16-4-3-7-25-16/h12-13,16H,3-11H2,1-2H3/t12-,13+,16-/m0/s1. The zero-order valence-electron chi connectivity index (χ0n) is 15.6. The van der Waals surface area contributed by atoms with Gasteiger partial charge in [-0.25, -0.2) is 4.98 Å². The van der Waals surface area contributed by atoms with Crippen molar-refractivity contribution in [3.8, 4) is 0 Å². The maximum atomic E-state index is 12.8. The molecule has 4 rings (SSSR count). The summed E-state index contributed by atoms with van der Waals surface area (Å²) in [7, 11) is 0. The molecule has 0 spiro atoms. The van der Waals surface area contributed by atoms with E-state index in [-0.39, 0.29) is 23.8 Å². The molecule has 3 atom stereocenters. The van der Waals surface area contributed by atoms with Crippen LogP contribution in [0.2, 0.25) is 0 Å². The number of rotatable bonds is 2. The van der Waals surface area contributed by atoms with Crippen molar-refractivity contribution in [2.24, 2.45) is 11.8 Å². The Hall–Kier alpha value is -1.89. The zero-order chi connectivity index (χ0) is 18.3. The van der Waals surface area contributed by atoms with Gasteiger partial charge in [0.05, 0.1) is 6.54 Å². The summed E-state index contributed by atoms with van der Waals surface area (Å²) in [5.74, 6) is 1.79. The molecule has 3 aliphatic rings. The molecule has 0 aromatic carbocycles. The number of likely N-dealkylation sites (tertiary alicyclic amines) is 1. The number of aromatic nitrogens is 1. The van der Waals surface area contributed by atoms with Gasteiger partial charge in [-0.1, -0.05) is 13.8 Å². The molecule has 2 fully saturated rings. The van der Waals surface area contributed by atoms with E-state index in [9.17, 15) is 9.59 Å². The van der Waals surface area contributed by atoms with E-state index in [2.05, 4.69) is 18.8 Å². The van der Waals surface area contributed by atoms with Crippen LogP contribution in [0.1, 0.15) is 55.2 Å². The van der Waals surface area contributed by atoms with Gasteiger partial charge in [0.15, 0.2) is 0 Å². The first-order valence-electron chi connectivity index (χ1n) is 9.69. The summed E-state index contributed by atoms with van der Waals surface area (Å²) in [5.41, 5.74) is 0.712. The van der Waals surface area contributed by atoms with Crippen molar-refractivity contribution in [1.29, 1.82) is 0 Å². The Balaban J connectivity index is 1.45. The summed E-state index contributed by atoms with van der Waals surface area (Å²) >= 11 is 0. The van der Waals surface area contributed by atoms with Crippen LogP contribution >= 0.6 is 0 Å². The van der Waals surface area contributed by atoms with Crippen LogP contribution in [0.5, 0.6) is 0 Å². The second kappa shape index (κ2) is 7.02. The number of piperidine rings is 1. The first-order valence-corrected chi connectivity index (χ1v) is 9.69. The molecule has 142 valence electrons. The van der Waals surface area contributed by atoms with Crippen LogP contribution in [-0.4, -0.2) is 58.9 Å². The van der Waals surface area contributed by atoms with Gasteiger partial charge < -0.3 is 19.0 Å². The molecule has 0 unspecified atom stereocenters. The van der Waals surface area contributed by atoms with Crippen molar-refractivity contribution in [1.82, 2.24) is 14.8 Å². The van der Waals surface area contributed by atoms with E-state index in [1.165, 1.54) is 0 Å². The summed E-state index contributed by atoms with van der Waals surface area (Å²) in [6, 6.07) is 0. The lowest BCUT2D eigenvalue weighted by Gasteiger charge is -2.34. The van der Waals surface area contributed by atoms with Gasteiger partial charge in [-0.15, -0.1) is 0 Å². The molecule has 7 nitrogen and oxygen atoms in total. The summed E-state index contributed by atoms with van der Waals surface area (Å²) in [4.78, 5) is 33.4. The molecule has 0 aliphatic carbocycles. The molecule has 0 N–H and O–H groups in total. The van der Waals surface area contributed by atoms with Crippen LogP contribution in [0.3, 0.4) is 0 Å². The molecule has 2 saturated heterocycles. The zero-order valence-corrected chi connectivity index (χ0v) is 15.6. The molecule has 0 radical (unpaired) electrons. The fourth-order valence-electron chi connectivity index (χ4n) is 4.42. The fraction of sp³-hybridized carbons (Fsp3) is 0.737. The van der Waals surface area contributed by atoms with Gasteiger partial charge in [-0.05, 0) is 31.1 Å². The van der Waals surface area contributed by atoms with Gasteiger partial charge >= 0.3 is 5.91 Å². The number of amides is 2. The van der Waals surface area contributed by atoms with Gasteiger partial charge in [0.25, 0.3) is 11.8 Å². The van der Waals surface area contributed by atoms with E-state index in [4.69, 9.17) is 9.15 Å². The van der Waals surface area contributed by atoms with Crippen LogP contribution in [0.15, 0.2) is 4.42 Å². The van der Waals surface area contributed by atoms with Crippen molar-refractivity contribution < 1.29 is 18.7 Å². The molecule has 0 bridgehead atoms. The Kier molecular flexibility index (Phi) is 4.73. The molecule has 0 saturated carbocycles. The van der Waals surface area contributed by atoms with Gasteiger partial charge in [-0.3, -0.25) is 9.59 Å². The summed E-state index contributed by atoms with van der Waals surface area (Å²) in [6.07, 6.45) is 3.15. The number of nitrogens with zero attached hydrogens (tertiary/aromatic N) is 3. The summed E-state index contributed by atoms with van der Waals surface area (Å²) in [5, 5.41) is 0. The van der Waals surface area contributed by atoms with Crippen molar-refractivity contribution in [3.05, 3.63) is 17.3 Å². The number of hydrogen-bond donors (Lipinski definition) is 0. The molecule has 4 heterocycles. The molecule has 3 aliphatic heterocycles. The minimum atomic E-state index is -0.319. The molecule has 7 heteroatoms. The van der Waals surface area contributed by atoms with Crippen molar-refractivity contribution in [2.45, 2.75) is 52.2 Å². The smallest absolute Gasteiger partial charge is 0.309 e. The molecule has 2 amide bonds. The third-order valence-corrected chi connectivity index (χ3v) is 5.58. The highest BCUT2D eigenvalue weighted by Crippen LogP contribution is 2.26. The third kappa shape index (κ3) is 3.37. The van der Waals surface area contributed by atoms with Crippen LogP contribution < -0.4 is 0 Å². The van der Waals surface area contributed by atoms with Crippen molar-refractivity contribution in [3.63, 3.8) is 0 Å². The largest absolute Gasteiger partial charge is 0.437 e. The average Bonchev–Trinajstić information content (AvgIpc) is 3.28. The Labute approximate surface area is 153 Å². The van der Waals surface area contributed by atoms with Gasteiger partial charge in [0, 0.05) is 32.7 Å². The number of fused-ring (bicyclic) bond motifs is 1. The van der Waals surface area contributed by atoms with E-state index in [1.54, 1.807) is 4.90 Å². The van der Waals surface area contributed by atoms with E-state index in [0.29, 0.717) is 43.6 Å². The minimum absolute atomic E-state index is 0.0303. The monoisotopic (exact) mass is 361 g/mol. The Morgan fingerprint density at radius 2 is 1.92 bits per heavy atom. The van der Waals surface area contributed by atoms with Crippen molar-refractivity contribution >= 4 is 11.8 Å². The maximum absolute atomic E-state index is 12.8. The molecular formula is C19H27N3O4. The summed E-state index contributed by atoms with van der Waals surface area (Å²) < 4.78 is 11.3.